The number of aromatic amines is 1. The summed E-state index contributed by atoms with van der Waals surface area (Å²) in [5, 5.41) is 1.34. The van der Waals surface area contributed by atoms with Gasteiger partial charge in [0.1, 0.15) is 0 Å². The smallest absolute Gasteiger partial charge is 0.0456 e. The molecule has 0 unspecified atom stereocenters. The van der Waals surface area contributed by atoms with Crippen molar-refractivity contribution in [2.24, 2.45) is 5.41 Å². The Labute approximate surface area is 114 Å². The molecule has 2 aromatic rings. The third-order valence-electron chi connectivity index (χ3n) is 5.16. The van der Waals surface area contributed by atoms with Crippen LogP contribution in [0.5, 0.6) is 0 Å². The standard InChI is InChI=1S/C17H22N2/c1-2-6-16-14(5-1)11-15(18-16)12-19-10-9-17(13-19)7-3-4-8-17/h1-2,5-6,11,18H,3-4,7-10,12-13H2. The predicted octanol–water partition coefficient (Wildman–Crippen LogP) is 3.93. The van der Waals surface area contributed by atoms with Gasteiger partial charge in [-0.3, -0.25) is 4.90 Å². The molecule has 1 aliphatic carbocycles. The van der Waals surface area contributed by atoms with Crippen LogP contribution < -0.4 is 0 Å². The molecule has 1 spiro atoms. The van der Waals surface area contributed by atoms with E-state index in [-0.39, 0.29) is 0 Å². The molecule has 1 aliphatic heterocycles. The van der Waals surface area contributed by atoms with E-state index in [1.807, 2.05) is 0 Å². The summed E-state index contributed by atoms with van der Waals surface area (Å²) in [4.78, 5) is 6.21. The number of rotatable bonds is 2. The van der Waals surface area contributed by atoms with Crippen molar-refractivity contribution in [3.05, 3.63) is 36.0 Å². The fraction of sp³-hybridized carbons (Fsp3) is 0.529. The number of hydrogen-bond acceptors (Lipinski definition) is 1. The Balaban J connectivity index is 1.49. The number of aromatic nitrogens is 1. The van der Waals surface area contributed by atoms with Crippen LogP contribution >= 0.6 is 0 Å². The molecule has 2 heterocycles. The molecule has 0 radical (unpaired) electrons. The van der Waals surface area contributed by atoms with E-state index in [9.17, 15) is 0 Å². The minimum absolute atomic E-state index is 0.687. The second-order valence-electron chi connectivity index (χ2n) is 6.55. The molecule has 19 heavy (non-hydrogen) atoms. The van der Waals surface area contributed by atoms with Crippen molar-refractivity contribution in [2.75, 3.05) is 13.1 Å². The summed E-state index contributed by atoms with van der Waals surface area (Å²) in [7, 11) is 0. The lowest BCUT2D eigenvalue weighted by molar-refractivity contribution is 0.254. The van der Waals surface area contributed by atoms with E-state index in [4.69, 9.17) is 0 Å². The highest BCUT2D eigenvalue weighted by molar-refractivity contribution is 5.80. The first-order valence-corrected chi connectivity index (χ1v) is 7.62. The van der Waals surface area contributed by atoms with Gasteiger partial charge in [0.15, 0.2) is 0 Å². The normalized spacial score (nSPS) is 22.7. The van der Waals surface area contributed by atoms with E-state index >= 15 is 0 Å². The zero-order valence-electron chi connectivity index (χ0n) is 11.5. The number of nitrogens with zero attached hydrogens (tertiary/aromatic N) is 1. The second kappa shape index (κ2) is 4.38. The molecule has 0 amide bonds. The van der Waals surface area contributed by atoms with Crippen LogP contribution in [0.3, 0.4) is 0 Å². The molecular formula is C17H22N2. The Hall–Kier alpha value is -1.28. The average Bonchev–Trinajstić information content (AvgIpc) is 3.11. The van der Waals surface area contributed by atoms with Crippen LogP contribution in [0.1, 0.15) is 37.8 Å². The van der Waals surface area contributed by atoms with Gasteiger partial charge >= 0.3 is 0 Å². The van der Waals surface area contributed by atoms with Gasteiger partial charge in [0, 0.05) is 24.3 Å². The lowest BCUT2D eigenvalue weighted by Gasteiger charge is -2.23. The lowest BCUT2D eigenvalue weighted by atomic mass is 9.86. The summed E-state index contributed by atoms with van der Waals surface area (Å²) >= 11 is 0. The van der Waals surface area contributed by atoms with Crippen molar-refractivity contribution in [3.8, 4) is 0 Å². The zero-order valence-corrected chi connectivity index (χ0v) is 11.5. The fourth-order valence-electron chi connectivity index (χ4n) is 4.16. The Morgan fingerprint density at radius 1 is 1.11 bits per heavy atom. The van der Waals surface area contributed by atoms with Crippen LogP contribution in [0, 0.1) is 5.41 Å². The number of benzene rings is 1. The molecule has 0 bridgehead atoms. The maximum Gasteiger partial charge on any atom is 0.0456 e. The number of fused-ring (bicyclic) bond motifs is 1. The SMILES string of the molecule is c1ccc2[nH]c(CN3CCC4(CCCC4)C3)cc2c1. The highest BCUT2D eigenvalue weighted by Gasteiger charge is 2.39. The number of para-hydroxylation sites is 1. The molecule has 1 aromatic carbocycles. The molecule has 1 aromatic heterocycles. The van der Waals surface area contributed by atoms with Crippen molar-refractivity contribution < 1.29 is 0 Å². The van der Waals surface area contributed by atoms with Crippen LogP contribution in [0.4, 0.5) is 0 Å². The van der Waals surface area contributed by atoms with Crippen LogP contribution in [-0.2, 0) is 6.54 Å². The third kappa shape index (κ3) is 2.08. The molecule has 4 rings (SSSR count). The number of hydrogen-bond donors (Lipinski definition) is 1. The summed E-state index contributed by atoms with van der Waals surface area (Å²) in [6.45, 7) is 3.70. The molecular weight excluding hydrogens is 232 g/mol. The molecule has 2 aliphatic rings. The van der Waals surface area contributed by atoms with E-state index in [1.54, 1.807) is 0 Å². The molecule has 2 fully saturated rings. The Kier molecular flexibility index (Phi) is 2.66. The Morgan fingerprint density at radius 3 is 2.79 bits per heavy atom. The van der Waals surface area contributed by atoms with Gasteiger partial charge in [-0.2, -0.15) is 0 Å². The zero-order chi connectivity index (χ0) is 12.7. The number of H-pyrrole nitrogens is 1. The lowest BCUT2D eigenvalue weighted by Crippen LogP contribution is -2.24. The first-order valence-electron chi connectivity index (χ1n) is 7.62. The summed E-state index contributed by atoms with van der Waals surface area (Å²) in [5.41, 5.74) is 3.33. The molecule has 0 atom stereocenters. The minimum atomic E-state index is 0.687. The van der Waals surface area contributed by atoms with Gasteiger partial charge in [0.05, 0.1) is 0 Å². The molecule has 100 valence electrons. The van der Waals surface area contributed by atoms with Crippen molar-refractivity contribution in [3.63, 3.8) is 0 Å². The Bertz CT molecular complexity index is 545. The van der Waals surface area contributed by atoms with Gasteiger partial charge in [-0.05, 0) is 48.7 Å². The summed E-state index contributed by atoms with van der Waals surface area (Å²) < 4.78 is 0. The monoisotopic (exact) mass is 254 g/mol. The second-order valence-corrected chi connectivity index (χ2v) is 6.55. The van der Waals surface area contributed by atoms with Gasteiger partial charge in [-0.15, -0.1) is 0 Å². The topological polar surface area (TPSA) is 19.0 Å². The van der Waals surface area contributed by atoms with Crippen molar-refractivity contribution in [2.45, 2.75) is 38.6 Å². The summed E-state index contributed by atoms with van der Waals surface area (Å²) in [6, 6.07) is 10.9. The predicted molar refractivity (Wildman–Crippen MR) is 79.1 cm³/mol. The van der Waals surface area contributed by atoms with Crippen molar-refractivity contribution in [1.82, 2.24) is 9.88 Å². The Morgan fingerprint density at radius 2 is 1.95 bits per heavy atom. The van der Waals surface area contributed by atoms with Gasteiger partial charge in [-0.1, -0.05) is 31.0 Å². The molecule has 1 saturated heterocycles. The molecule has 2 heteroatoms. The van der Waals surface area contributed by atoms with E-state index in [0.717, 1.165) is 6.54 Å². The van der Waals surface area contributed by atoms with Gasteiger partial charge < -0.3 is 4.98 Å². The van der Waals surface area contributed by atoms with Crippen LogP contribution in [-0.4, -0.2) is 23.0 Å². The first kappa shape index (κ1) is 11.5. The van der Waals surface area contributed by atoms with E-state index < -0.39 is 0 Å². The average molecular weight is 254 g/mol. The third-order valence-corrected chi connectivity index (χ3v) is 5.16. The van der Waals surface area contributed by atoms with Crippen LogP contribution in [0.2, 0.25) is 0 Å². The van der Waals surface area contributed by atoms with Gasteiger partial charge in [0.25, 0.3) is 0 Å². The number of likely N-dealkylation sites (tertiary alicyclic amines) is 1. The maximum atomic E-state index is 3.56. The largest absolute Gasteiger partial charge is 0.357 e. The first-order chi connectivity index (χ1) is 9.33. The molecule has 1 saturated carbocycles. The fourth-order valence-corrected chi connectivity index (χ4v) is 4.16. The van der Waals surface area contributed by atoms with E-state index in [0.29, 0.717) is 5.41 Å². The highest BCUT2D eigenvalue weighted by atomic mass is 15.2. The highest BCUT2D eigenvalue weighted by Crippen LogP contribution is 2.45. The molecule has 2 nitrogen and oxygen atoms in total. The van der Waals surface area contributed by atoms with Crippen molar-refractivity contribution in [1.29, 1.82) is 0 Å². The van der Waals surface area contributed by atoms with E-state index in [1.165, 1.54) is 61.8 Å². The summed E-state index contributed by atoms with van der Waals surface area (Å²) in [6.07, 6.45) is 7.28. The van der Waals surface area contributed by atoms with Crippen LogP contribution in [0.25, 0.3) is 10.9 Å². The molecule has 1 N–H and O–H groups in total. The van der Waals surface area contributed by atoms with Gasteiger partial charge in [-0.25, -0.2) is 0 Å². The van der Waals surface area contributed by atoms with Crippen molar-refractivity contribution >= 4 is 10.9 Å². The van der Waals surface area contributed by atoms with E-state index in [2.05, 4.69) is 40.2 Å². The van der Waals surface area contributed by atoms with Crippen LogP contribution in [0.15, 0.2) is 30.3 Å². The minimum Gasteiger partial charge on any atom is -0.357 e. The number of nitrogens with one attached hydrogen (secondary N) is 1. The summed E-state index contributed by atoms with van der Waals surface area (Å²) in [5.74, 6) is 0. The van der Waals surface area contributed by atoms with Gasteiger partial charge in [0.2, 0.25) is 0 Å². The quantitative estimate of drug-likeness (QED) is 0.860. The maximum absolute atomic E-state index is 3.56.